The second kappa shape index (κ2) is 3.31. The summed E-state index contributed by atoms with van der Waals surface area (Å²) in [5, 5.41) is 2.54. The van der Waals surface area contributed by atoms with Gasteiger partial charge in [0.1, 0.15) is 0 Å². The number of nitrogens with one attached hydrogen (secondary N) is 1. The first-order valence-corrected chi connectivity index (χ1v) is 4.42. The van der Waals surface area contributed by atoms with Gasteiger partial charge in [-0.25, -0.2) is 0 Å². The van der Waals surface area contributed by atoms with Crippen molar-refractivity contribution in [1.82, 2.24) is 5.32 Å². The number of amides is 1. The molecule has 1 fully saturated rings. The molecule has 0 aromatic carbocycles. The highest BCUT2D eigenvalue weighted by Crippen LogP contribution is 2.36. The van der Waals surface area contributed by atoms with Crippen molar-refractivity contribution in [3.05, 3.63) is 0 Å². The molecule has 1 rings (SSSR count). The Labute approximate surface area is 79.1 Å². The van der Waals surface area contributed by atoms with Crippen LogP contribution in [0.5, 0.6) is 0 Å². The number of hydrogen-bond acceptors (Lipinski definition) is 3. The Morgan fingerprint density at radius 2 is 1.69 bits per heavy atom. The van der Waals surface area contributed by atoms with Gasteiger partial charge in [-0.05, 0) is 27.7 Å². The average molecular weight is 185 g/mol. The highest BCUT2D eigenvalue weighted by Gasteiger charge is 2.50. The fourth-order valence-electron chi connectivity index (χ4n) is 1.19. The summed E-state index contributed by atoms with van der Waals surface area (Å²) >= 11 is 0. The number of carbonyl (C=O) groups is 1. The second-order valence-electron chi connectivity index (χ2n) is 4.21. The van der Waals surface area contributed by atoms with Gasteiger partial charge in [-0.2, -0.15) is 0 Å². The van der Waals surface area contributed by atoms with Crippen molar-refractivity contribution in [3.8, 4) is 0 Å². The second-order valence-corrected chi connectivity index (χ2v) is 4.21. The fraction of sp³-hybridized carbons (Fsp3) is 0.875. The Morgan fingerprint density at radius 3 is 2.08 bits per heavy atom. The summed E-state index contributed by atoms with van der Waals surface area (Å²) in [6, 6.07) is 0. The molecule has 0 radical (unpaired) electrons. The summed E-state index contributed by atoms with van der Waals surface area (Å²) in [4.78, 5) is 10.1. The highest BCUT2D eigenvalue weighted by molar-refractivity contribution is 6.45. The van der Waals surface area contributed by atoms with E-state index < -0.39 is 0 Å². The Kier molecular flexibility index (Phi) is 2.68. The maximum Gasteiger partial charge on any atom is 0.478 e. The largest absolute Gasteiger partial charge is 0.478 e. The summed E-state index contributed by atoms with van der Waals surface area (Å²) in [5.74, 6) is 0. The van der Waals surface area contributed by atoms with Crippen molar-refractivity contribution < 1.29 is 14.1 Å². The van der Waals surface area contributed by atoms with Gasteiger partial charge >= 0.3 is 7.12 Å². The number of carbonyl (C=O) groups excluding carboxylic acids is 1. The van der Waals surface area contributed by atoms with Crippen LogP contribution in [0.2, 0.25) is 0 Å². The molecule has 0 aromatic heterocycles. The minimum absolute atomic E-state index is 0.317. The lowest BCUT2D eigenvalue weighted by Crippen LogP contribution is -2.41. The first-order valence-electron chi connectivity index (χ1n) is 4.42. The molecule has 0 aromatic rings. The first-order chi connectivity index (χ1) is 5.89. The Hall–Kier alpha value is -0.545. The highest BCUT2D eigenvalue weighted by atomic mass is 16.7. The van der Waals surface area contributed by atoms with Crippen molar-refractivity contribution in [2.24, 2.45) is 0 Å². The number of hydrogen-bond donors (Lipinski definition) is 1. The summed E-state index contributed by atoms with van der Waals surface area (Å²) in [7, 11) is -0.338. The topological polar surface area (TPSA) is 47.6 Å². The van der Waals surface area contributed by atoms with Crippen LogP contribution in [0, 0.1) is 0 Å². The summed E-state index contributed by atoms with van der Waals surface area (Å²) in [6.45, 7) is 7.92. The molecule has 4 nitrogen and oxygen atoms in total. The van der Waals surface area contributed by atoms with Crippen LogP contribution in [0.25, 0.3) is 0 Å². The van der Waals surface area contributed by atoms with E-state index in [1.807, 2.05) is 27.7 Å². The van der Waals surface area contributed by atoms with E-state index in [9.17, 15) is 4.79 Å². The van der Waals surface area contributed by atoms with Crippen LogP contribution in [-0.2, 0) is 14.1 Å². The van der Waals surface area contributed by atoms with Crippen molar-refractivity contribution in [3.63, 3.8) is 0 Å². The quantitative estimate of drug-likeness (QED) is 0.510. The molecule has 1 aliphatic rings. The maximum absolute atomic E-state index is 10.1. The predicted octanol–water partition coefficient (Wildman–Crippen LogP) is 0.364. The molecule has 0 unspecified atom stereocenters. The molecule has 1 amide bonds. The van der Waals surface area contributed by atoms with Crippen molar-refractivity contribution in [2.75, 3.05) is 6.44 Å². The molecule has 1 N–H and O–H groups in total. The van der Waals surface area contributed by atoms with Crippen LogP contribution < -0.4 is 5.32 Å². The Bertz CT molecular complexity index is 190. The predicted molar refractivity (Wildman–Crippen MR) is 50.1 cm³/mol. The van der Waals surface area contributed by atoms with Crippen LogP contribution in [0.4, 0.5) is 0 Å². The van der Waals surface area contributed by atoms with E-state index in [-0.39, 0.29) is 18.3 Å². The van der Waals surface area contributed by atoms with Crippen LogP contribution in [0.3, 0.4) is 0 Å². The van der Waals surface area contributed by atoms with E-state index in [2.05, 4.69) is 5.32 Å². The molecule has 5 heteroatoms. The van der Waals surface area contributed by atoms with Gasteiger partial charge in [0.15, 0.2) is 0 Å². The lowest BCUT2D eigenvalue weighted by molar-refractivity contribution is -0.109. The molecule has 0 saturated carbocycles. The molecule has 13 heavy (non-hydrogen) atoms. The lowest BCUT2D eigenvalue weighted by Gasteiger charge is -2.32. The molecular weight excluding hydrogens is 169 g/mol. The molecule has 0 aliphatic carbocycles. The van der Waals surface area contributed by atoms with Crippen LogP contribution in [0.1, 0.15) is 27.7 Å². The lowest BCUT2D eigenvalue weighted by atomic mass is 9.90. The van der Waals surface area contributed by atoms with Gasteiger partial charge in [-0.3, -0.25) is 4.79 Å². The van der Waals surface area contributed by atoms with Crippen molar-refractivity contribution in [1.29, 1.82) is 0 Å². The van der Waals surface area contributed by atoms with Gasteiger partial charge in [0, 0.05) is 0 Å². The third-order valence-electron chi connectivity index (χ3n) is 2.67. The van der Waals surface area contributed by atoms with Gasteiger partial charge in [-0.1, -0.05) is 0 Å². The van der Waals surface area contributed by atoms with Gasteiger partial charge in [-0.15, -0.1) is 0 Å². The smallest absolute Gasteiger partial charge is 0.402 e. The monoisotopic (exact) mass is 185 g/mol. The van der Waals surface area contributed by atoms with Crippen LogP contribution in [-0.4, -0.2) is 31.2 Å². The van der Waals surface area contributed by atoms with Crippen molar-refractivity contribution >= 4 is 13.5 Å². The molecule has 74 valence electrons. The van der Waals surface area contributed by atoms with E-state index >= 15 is 0 Å². The molecular formula is C8H16BNO3. The standard InChI is InChI=1S/C8H16BNO3/c1-7(2)8(3,4)13-9(12-7)5-10-6-11/h6H,5H2,1-4H3,(H,10,11). The fourth-order valence-corrected chi connectivity index (χ4v) is 1.19. The van der Waals surface area contributed by atoms with E-state index in [1.165, 1.54) is 0 Å². The molecule has 0 spiro atoms. The minimum Gasteiger partial charge on any atom is -0.402 e. The summed E-state index contributed by atoms with van der Waals surface area (Å²) in [6.07, 6.45) is 1.04. The van der Waals surface area contributed by atoms with Crippen LogP contribution >= 0.6 is 0 Å². The van der Waals surface area contributed by atoms with Crippen LogP contribution in [0.15, 0.2) is 0 Å². The van der Waals surface area contributed by atoms with Gasteiger partial charge < -0.3 is 14.6 Å². The van der Waals surface area contributed by atoms with E-state index in [0.717, 1.165) is 0 Å². The molecule has 0 bridgehead atoms. The third-order valence-corrected chi connectivity index (χ3v) is 2.67. The van der Waals surface area contributed by atoms with E-state index in [4.69, 9.17) is 9.31 Å². The van der Waals surface area contributed by atoms with Gasteiger partial charge in [0.2, 0.25) is 6.41 Å². The average Bonchev–Trinajstić information content (AvgIpc) is 2.17. The zero-order chi connectivity index (χ0) is 10.1. The zero-order valence-electron chi connectivity index (χ0n) is 8.59. The normalized spacial score (nSPS) is 24.5. The number of rotatable bonds is 3. The van der Waals surface area contributed by atoms with Gasteiger partial charge in [0.25, 0.3) is 0 Å². The zero-order valence-corrected chi connectivity index (χ0v) is 8.59. The van der Waals surface area contributed by atoms with Gasteiger partial charge in [0.05, 0.1) is 17.6 Å². The van der Waals surface area contributed by atoms with E-state index in [1.54, 1.807) is 0 Å². The Morgan fingerprint density at radius 1 is 1.23 bits per heavy atom. The third kappa shape index (κ3) is 2.03. The molecule has 0 atom stereocenters. The van der Waals surface area contributed by atoms with E-state index in [0.29, 0.717) is 12.9 Å². The molecule has 1 aliphatic heterocycles. The maximum atomic E-state index is 10.1. The minimum atomic E-state index is -0.338. The summed E-state index contributed by atoms with van der Waals surface area (Å²) in [5.41, 5.74) is -0.634. The SMILES string of the molecule is CC1(C)OB(CNC=O)OC1(C)C. The summed E-state index contributed by atoms with van der Waals surface area (Å²) < 4.78 is 11.2. The van der Waals surface area contributed by atoms with Crippen molar-refractivity contribution in [2.45, 2.75) is 38.9 Å². The molecule has 1 saturated heterocycles. The molecule has 1 heterocycles. The first kappa shape index (κ1) is 10.5. The Balaban J connectivity index is 2.54.